The fraction of sp³-hybridized carbons (Fsp3) is 0.471. The van der Waals surface area contributed by atoms with Crippen molar-refractivity contribution in [3.05, 3.63) is 35.4 Å². The molecule has 0 bridgehead atoms. The fourth-order valence-electron chi connectivity index (χ4n) is 2.12. The summed E-state index contributed by atoms with van der Waals surface area (Å²) in [5.41, 5.74) is 1.42. The number of carboxylic acid groups (broad SMARTS) is 1. The summed E-state index contributed by atoms with van der Waals surface area (Å²) in [6.07, 6.45) is 1.22. The average Bonchev–Trinajstić information content (AvgIpc) is 2.58. The SMILES string of the molecule is COC(CNC(=O)C(CCSC)NC(=O)c1cccc(C)c1)C(=O)O. The molecule has 1 aromatic carbocycles. The van der Waals surface area contributed by atoms with Gasteiger partial charge in [-0.05, 0) is 37.5 Å². The van der Waals surface area contributed by atoms with Gasteiger partial charge in [-0.1, -0.05) is 17.7 Å². The van der Waals surface area contributed by atoms with E-state index in [1.54, 1.807) is 30.0 Å². The van der Waals surface area contributed by atoms with Gasteiger partial charge in [-0.15, -0.1) is 0 Å². The van der Waals surface area contributed by atoms with E-state index in [-0.39, 0.29) is 12.5 Å². The number of carbonyl (C=O) groups excluding carboxylic acids is 2. The number of rotatable bonds is 10. The number of hydrogen-bond acceptors (Lipinski definition) is 5. The summed E-state index contributed by atoms with van der Waals surface area (Å²) in [6.45, 7) is 1.71. The summed E-state index contributed by atoms with van der Waals surface area (Å²) >= 11 is 1.56. The Morgan fingerprint density at radius 3 is 2.60 bits per heavy atom. The van der Waals surface area contributed by atoms with Gasteiger partial charge in [0, 0.05) is 12.7 Å². The lowest BCUT2D eigenvalue weighted by Gasteiger charge is -2.19. The van der Waals surface area contributed by atoms with E-state index in [0.717, 1.165) is 5.56 Å². The molecule has 8 heteroatoms. The van der Waals surface area contributed by atoms with Gasteiger partial charge in [0.25, 0.3) is 5.91 Å². The predicted molar refractivity (Wildman–Crippen MR) is 96.9 cm³/mol. The van der Waals surface area contributed by atoms with Crippen LogP contribution in [0.5, 0.6) is 0 Å². The van der Waals surface area contributed by atoms with E-state index in [1.807, 2.05) is 19.2 Å². The van der Waals surface area contributed by atoms with Crippen molar-refractivity contribution >= 4 is 29.5 Å². The standard InChI is InChI=1S/C17H24N2O5S/c1-11-5-4-6-12(9-11)15(20)19-13(7-8-25-3)16(21)18-10-14(24-2)17(22)23/h4-6,9,13-14H,7-8,10H2,1-3H3,(H,18,21)(H,19,20)(H,22,23). The monoisotopic (exact) mass is 368 g/mol. The highest BCUT2D eigenvalue weighted by Crippen LogP contribution is 2.07. The van der Waals surface area contributed by atoms with Gasteiger partial charge >= 0.3 is 5.97 Å². The van der Waals surface area contributed by atoms with E-state index in [0.29, 0.717) is 17.7 Å². The van der Waals surface area contributed by atoms with E-state index < -0.39 is 24.0 Å². The minimum absolute atomic E-state index is 0.166. The van der Waals surface area contributed by atoms with Crippen LogP contribution in [0.25, 0.3) is 0 Å². The van der Waals surface area contributed by atoms with Crippen LogP contribution in [0.2, 0.25) is 0 Å². The third-order valence-corrected chi connectivity index (χ3v) is 4.18. The summed E-state index contributed by atoms with van der Waals surface area (Å²) < 4.78 is 4.78. The van der Waals surface area contributed by atoms with Crippen molar-refractivity contribution in [2.75, 3.05) is 25.7 Å². The number of ether oxygens (including phenoxy) is 1. The quantitative estimate of drug-likeness (QED) is 0.570. The Morgan fingerprint density at radius 2 is 2.04 bits per heavy atom. The number of aliphatic carboxylic acids is 1. The smallest absolute Gasteiger partial charge is 0.334 e. The Kier molecular flexibility index (Phi) is 9.01. The number of carbonyl (C=O) groups is 3. The maximum absolute atomic E-state index is 12.4. The van der Waals surface area contributed by atoms with Crippen molar-refractivity contribution in [1.82, 2.24) is 10.6 Å². The second-order valence-corrected chi connectivity index (χ2v) is 6.47. The summed E-state index contributed by atoms with van der Waals surface area (Å²) in [6, 6.07) is 6.33. The molecule has 2 atom stereocenters. The first-order valence-corrected chi connectivity index (χ1v) is 9.18. The first kappa shape index (κ1) is 21.0. The minimum atomic E-state index is -1.16. The topological polar surface area (TPSA) is 105 Å². The molecule has 0 aliphatic heterocycles. The van der Waals surface area contributed by atoms with E-state index in [2.05, 4.69) is 10.6 Å². The molecule has 25 heavy (non-hydrogen) atoms. The number of methoxy groups -OCH3 is 1. The van der Waals surface area contributed by atoms with Crippen LogP contribution in [-0.2, 0) is 14.3 Å². The molecule has 0 heterocycles. The molecule has 3 N–H and O–H groups in total. The summed E-state index contributed by atoms with van der Waals surface area (Å²) in [7, 11) is 1.26. The molecule has 0 aromatic heterocycles. The van der Waals surface area contributed by atoms with Crippen molar-refractivity contribution < 1.29 is 24.2 Å². The van der Waals surface area contributed by atoms with Crippen LogP contribution in [0.15, 0.2) is 24.3 Å². The third-order valence-electron chi connectivity index (χ3n) is 3.53. The van der Waals surface area contributed by atoms with Gasteiger partial charge in [-0.25, -0.2) is 4.79 Å². The number of hydrogen-bond donors (Lipinski definition) is 3. The highest BCUT2D eigenvalue weighted by atomic mass is 32.2. The second kappa shape index (κ2) is 10.7. The number of benzene rings is 1. The van der Waals surface area contributed by atoms with E-state index in [4.69, 9.17) is 9.84 Å². The predicted octanol–water partition coefficient (Wildman–Crippen LogP) is 1.06. The van der Waals surface area contributed by atoms with Gasteiger partial charge < -0.3 is 20.5 Å². The number of carboxylic acids is 1. The molecule has 1 aromatic rings. The van der Waals surface area contributed by atoms with Crippen LogP contribution in [0, 0.1) is 6.92 Å². The molecular weight excluding hydrogens is 344 g/mol. The molecule has 138 valence electrons. The maximum Gasteiger partial charge on any atom is 0.334 e. The first-order chi connectivity index (χ1) is 11.9. The molecule has 0 aliphatic rings. The summed E-state index contributed by atoms with van der Waals surface area (Å²) in [5.74, 6) is -1.25. The molecule has 2 unspecified atom stereocenters. The van der Waals surface area contributed by atoms with Crippen molar-refractivity contribution in [2.24, 2.45) is 0 Å². The summed E-state index contributed by atoms with van der Waals surface area (Å²) in [5, 5.41) is 14.2. The van der Waals surface area contributed by atoms with Crippen molar-refractivity contribution in [2.45, 2.75) is 25.5 Å². The van der Waals surface area contributed by atoms with Crippen LogP contribution in [0.3, 0.4) is 0 Å². The Balaban J connectivity index is 2.73. The number of amides is 2. The zero-order valence-corrected chi connectivity index (χ0v) is 15.4. The Labute approximate surface area is 151 Å². The van der Waals surface area contributed by atoms with Crippen LogP contribution < -0.4 is 10.6 Å². The van der Waals surface area contributed by atoms with Gasteiger partial charge in [0.2, 0.25) is 5.91 Å². The lowest BCUT2D eigenvalue weighted by molar-refractivity contribution is -0.148. The van der Waals surface area contributed by atoms with Gasteiger partial charge in [0.15, 0.2) is 6.10 Å². The van der Waals surface area contributed by atoms with Crippen molar-refractivity contribution in [3.63, 3.8) is 0 Å². The molecule has 0 radical (unpaired) electrons. The summed E-state index contributed by atoms with van der Waals surface area (Å²) in [4.78, 5) is 35.6. The molecule has 0 fully saturated rings. The van der Waals surface area contributed by atoms with Gasteiger partial charge in [-0.2, -0.15) is 11.8 Å². The zero-order chi connectivity index (χ0) is 18.8. The Bertz CT molecular complexity index is 608. The molecule has 0 saturated heterocycles. The number of thioether (sulfide) groups is 1. The molecule has 0 saturated carbocycles. The molecule has 7 nitrogen and oxygen atoms in total. The van der Waals surface area contributed by atoms with Crippen LogP contribution in [0.4, 0.5) is 0 Å². The molecular formula is C17H24N2O5S. The van der Waals surface area contributed by atoms with E-state index in [1.165, 1.54) is 7.11 Å². The number of aryl methyl sites for hydroxylation is 1. The van der Waals surface area contributed by atoms with Gasteiger partial charge in [0.1, 0.15) is 6.04 Å². The highest BCUT2D eigenvalue weighted by molar-refractivity contribution is 7.98. The lowest BCUT2D eigenvalue weighted by Crippen LogP contribution is -2.49. The maximum atomic E-state index is 12.4. The fourth-order valence-corrected chi connectivity index (χ4v) is 2.59. The van der Waals surface area contributed by atoms with Gasteiger partial charge in [-0.3, -0.25) is 9.59 Å². The van der Waals surface area contributed by atoms with Crippen LogP contribution in [-0.4, -0.2) is 60.7 Å². The highest BCUT2D eigenvalue weighted by Gasteiger charge is 2.23. The van der Waals surface area contributed by atoms with Crippen LogP contribution >= 0.6 is 11.8 Å². The minimum Gasteiger partial charge on any atom is -0.479 e. The molecule has 0 spiro atoms. The average molecular weight is 368 g/mol. The second-order valence-electron chi connectivity index (χ2n) is 5.48. The molecule has 2 amide bonds. The van der Waals surface area contributed by atoms with Crippen molar-refractivity contribution in [1.29, 1.82) is 0 Å². The lowest BCUT2D eigenvalue weighted by atomic mass is 10.1. The Hall–Kier alpha value is -2.06. The van der Waals surface area contributed by atoms with Crippen molar-refractivity contribution in [3.8, 4) is 0 Å². The van der Waals surface area contributed by atoms with E-state index >= 15 is 0 Å². The van der Waals surface area contributed by atoms with Gasteiger partial charge in [0.05, 0.1) is 6.54 Å². The normalized spacial score (nSPS) is 12.9. The number of nitrogens with one attached hydrogen (secondary N) is 2. The zero-order valence-electron chi connectivity index (χ0n) is 14.6. The molecule has 1 rings (SSSR count). The largest absolute Gasteiger partial charge is 0.479 e. The first-order valence-electron chi connectivity index (χ1n) is 7.78. The third kappa shape index (κ3) is 7.15. The van der Waals surface area contributed by atoms with Crippen LogP contribution in [0.1, 0.15) is 22.3 Å². The Morgan fingerprint density at radius 1 is 1.32 bits per heavy atom. The van der Waals surface area contributed by atoms with E-state index in [9.17, 15) is 14.4 Å². The molecule has 0 aliphatic carbocycles.